The average molecular weight is 307 g/mol. The van der Waals surface area contributed by atoms with Crippen LogP contribution >= 0.6 is 0 Å². The van der Waals surface area contributed by atoms with Gasteiger partial charge in [-0.3, -0.25) is 0 Å². The van der Waals surface area contributed by atoms with Crippen molar-refractivity contribution in [2.75, 3.05) is 13.2 Å². The van der Waals surface area contributed by atoms with Gasteiger partial charge in [0, 0.05) is 18.0 Å². The molecular formula is C15H21F4NO. The van der Waals surface area contributed by atoms with Crippen LogP contribution in [0.5, 0.6) is 5.75 Å². The molecule has 0 aliphatic rings. The predicted octanol–water partition coefficient (Wildman–Crippen LogP) is 4.25. The van der Waals surface area contributed by atoms with E-state index < -0.39 is 17.6 Å². The minimum absolute atomic E-state index is 0.0151. The van der Waals surface area contributed by atoms with Crippen LogP contribution in [0.25, 0.3) is 0 Å². The van der Waals surface area contributed by atoms with Gasteiger partial charge in [0.25, 0.3) is 0 Å². The SMILES string of the molecule is CC(C)NCC(C)(C)COc1ccc(F)c(C(F)(F)F)c1. The molecule has 0 saturated heterocycles. The number of ether oxygens (including phenoxy) is 1. The van der Waals surface area contributed by atoms with Crippen molar-refractivity contribution >= 4 is 0 Å². The standard InChI is InChI=1S/C15H21F4NO/c1-10(2)20-8-14(3,4)9-21-11-5-6-13(16)12(7-11)15(17,18)19/h5-7,10,20H,8-9H2,1-4H3. The molecule has 0 unspecified atom stereocenters. The van der Waals surface area contributed by atoms with E-state index in [-0.39, 0.29) is 17.8 Å². The first-order chi connectivity index (χ1) is 9.51. The molecule has 0 amide bonds. The van der Waals surface area contributed by atoms with Crippen molar-refractivity contribution in [1.82, 2.24) is 5.32 Å². The van der Waals surface area contributed by atoms with Gasteiger partial charge < -0.3 is 10.1 Å². The molecule has 0 aromatic heterocycles. The molecule has 21 heavy (non-hydrogen) atoms. The largest absolute Gasteiger partial charge is 0.493 e. The van der Waals surface area contributed by atoms with E-state index in [1.54, 1.807) is 0 Å². The molecular weight excluding hydrogens is 286 g/mol. The number of alkyl halides is 3. The second-order valence-electron chi connectivity index (χ2n) is 6.13. The van der Waals surface area contributed by atoms with Gasteiger partial charge in [-0.05, 0) is 18.2 Å². The van der Waals surface area contributed by atoms with Gasteiger partial charge in [0.05, 0.1) is 12.2 Å². The third-order valence-corrected chi connectivity index (χ3v) is 2.86. The van der Waals surface area contributed by atoms with Crippen molar-refractivity contribution < 1.29 is 22.3 Å². The van der Waals surface area contributed by atoms with Crippen LogP contribution in [0.2, 0.25) is 0 Å². The Balaban J connectivity index is 2.72. The molecule has 120 valence electrons. The topological polar surface area (TPSA) is 21.3 Å². The highest BCUT2D eigenvalue weighted by Crippen LogP contribution is 2.33. The second-order valence-corrected chi connectivity index (χ2v) is 6.13. The maximum absolute atomic E-state index is 13.2. The van der Waals surface area contributed by atoms with Crippen LogP contribution in [0.4, 0.5) is 17.6 Å². The molecule has 0 aliphatic heterocycles. The lowest BCUT2D eigenvalue weighted by Crippen LogP contribution is -2.37. The molecule has 0 atom stereocenters. The molecule has 1 rings (SSSR count). The van der Waals surface area contributed by atoms with Crippen LogP contribution in [0, 0.1) is 11.2 Å². The molecule has 0 heterocycles. The van der Waals surface area contributed by atoms with Gasteiger partial charge in [-0.1, -0.05) is 27.7 Å². The molecule has 1 N–H and O–H groups in total. The fourth-order valence-corrected chi connectivity index (χ4v) is 1.62. The summed E-state index contributed by atoms with van der Waals surface area (Å²) in [5.41, 5.74) is -1.56. The highest BCUT2D eigenvalue weighted by Gasteiger charge is 2.34. The molecule has 6 heteroatoms. The minimum Gasteiger partial charge on any atom is -0.493 e. The lowest BCUT2D eigenvalue weighted by atomic mass is 9.94. The highest BCUT2D eigenvalue weighted by molar-refractivity contribution is 5.31. The summed E-state index contributed by atoms with van der Waals surface area (Å²) >= 11 is 0. The van der Waals surface area contributed by atoms with Gasteiger partial charge in [-0.25, -0.2) is 4.39 Å². The quantitative estimate of drug-likeness (QED) is 0.793. The van der Waals surface area contributed by atoms with E-state index in [4.69, 9.17) is 4.74 Å². The lowest BCUT2D eigenvalue weighted by molar-refractivity contribution is -0.140. The number of rotatable bonds is 6. The summed E-state index contributed by atoms with van der Waals surface area (Å²) in [4.78, 5) is 0. The fraction of sp³-hybridized carbons (Fsp3) is 0.600. The number of hydrogen-bond donors (Lipinski definition) is 1. The number of halogens is 4. The maximum Gasteiger partial charge on any atom is 0.419 e. The van der Waals surface area contributed by atoms with Crippen molar-refractivity contribution in [3.8, 4) is 5.75 Å². The van der Waals surface area contributed by atoms with E-state index in [2.05, 4.69) is 5.32 Å². The van der Waals surface area contributed by atoms with E-state index in [1.807, 2.05) is 27.7 Å². The molecule has 0 saturated carbocycles. The smallest absolute Gasteiger partial charge is 0.419 e. The van der Waals surface area contributed by atoms with Crippen molar-refractivity contribution in [1.29, 1.82) is 0 Å². The first-order valence-corrected chi connectivity index (χ1v) is 6.74. The zero-order valence-corrected chi connectivity index (χ0v) is 12.6. The summed E-state index contributed by atoms with van der Waals surface area (Å²) < 4.78 is 56.4. The Hall–Kier alpha value is -1.30. The van der Waals surface area contributed by atoms with E-state index in [1.165, 1.54) is 6.07 Å². The monoisotopic (exact) mass is 307 g/mol. The number of hydrogen-bond acceptors (Lipinski definition) is 2. The number of nitrogens with one attached hydrogen (secondary N) is 1. The van der Waals surface area contributed by atoms with Crippen LogP contribution in [-0.2, 0) is 6.18 Å². The van der Waals surface area contributed by atoms with Gasteiger partial charge >= 0.3 is 6.18 Å². The summed E-state index contributed by atoms with van der Waals surface area (Å²) in [6.45, 7) is 8.79. The summed E-state index contributed by atoms with van der Waals surface area (Å²) in [5.74, 6) is -1.28. The van der Waals surface area contributed by atoms with Crippen molar-refractivity contribution in [2.24, 2.45) is 5.41 Å². The van der Waals surface area contributed by atoms with Crippen molar-refractivity contribution in [2.45, 2.75) is 39.9 Å². The first-order valence-electron chi connectivity index (χ1n) is 6.74. The molecule has 0 bridgehead atoms. The zero-order chi connectivity index (χ0) is 16.3. The zero-order valence-electron chi connectivity index (χ0n) is 12.6. The summed E-state index contributed by atoms with van der Waals surface area (Å²) in [7, 11) is 0. The predicted molar refractivity (Wildman–Crippen MR) is 73.8 cm³/mol. The summed E-state index contributed by atoms with van der Waals surface area (Å²) in [5, 5.41) is 3.25. The minimum atomic E-state index is -4.72. The average Bonchev–Trinajstić information content (AvgIpc) is 2.34. The summed E-state index contributed by atoms with van der Waals surface area (Å²) in [6, 6.07) is 2.99. The summed E-state index contributed by atoms with van der Waals surface area (Å²) in [6.07, 6.45) is -4.72. The lowest BCUT2D eigenvalue weighted by Gasteiger charge is -2.26. The van der Waals surface area contributed by atoms with Crippen LogP contribution < -0.4 is 10.1 Å². The van der Waals surface area contributed by atoms with Crippen LogP contribution in [0.15, 0.2) is 18.2 Å². The third kappa shape index (κ3) is 5.91. The van der Waals surface area contributed by atoms with Gasteiger partial charge in [-0.2, -0.15) is 13.2 Å². The normalized spacial score (nSPS) is 12.8. The maximum atomic E-state index is 13.2. The Morgan fingerprint density at radius 3 is 2.33 bits per heavy atom. The Morgan fingerprint density at radius 1 is 1.19 bits per heavy atom. The van der Waals surface area contributed by atoms with Crippen LogP contribution in [0.1, 0.15) is 33.3 Å². The van der Waals surface area contributed by atoms with E-state index >= 15 is 0 Å². The van der Waals surface area contributed by atoms with Crippen LogP contribution in [-0.4, -0.2) is 19.2 Å². The molecule has 0 radical (unpaired) electrons. The van der Waals surface area contributed by atoms with E-state index in [0.717, 1.165) is 6.07 Å². The second kappa shape index (κ2) is 6.64. The molecule has 2 nitrogen and oxygen atoms in total. The molecule has 1 aromatic rings. The van der Waals surface area contributed by atoms with Crippen molar-refractivity contribution in [3.63, 3.8) is 0 Å². The van der Waals surface area contributed by atoms with Crippen molar-refractivity contribution in [3.05, 3.63) is 29.6 Å². The third-order valence-electron chi connectivity index (χ3n) is 2.86. The Morgan fingerprint density at radius 2 is 1.81 bits per heavy atom. The Kier molecular flexibility index (Phi) is 5.61. The molecule has 0 spiro atoms. The number of benzene rings is 1. The molecule has 0 aliphatic carbocycles. The highest BCUT2D eigenvalue weighted by atomic mass is 19.4. The molecule has 0 fully saturated rings. The van der Waals surface area contributed by atoms with Gasteiger partial charge in [-0.15, -0.1) is 0 Å². The molecule has 1 aromatic carbocycles. The first kappa shape index (κ1) is 17.8. The van der Waals surface area contributed by atoms with Gasteiger partial charge in [0.2, 0.25) is 0 Å². The van der Waals surface area contributed by atoms with Gasteiger partial charge in [0.15, 0.2) is 0 Å². The Labute approximate surface area is 122 Å². The van der Waals surface area contributed by atoms with E-state index in [9.17, 15) is 17.6 Å². The fourth-order valence-electron chi connectivity index (χ4n) is 1.62. The van der Waals surface area contributed by atoms with E-state index in [0.29, 0.717) is 18.7 Å². The Bertz CT molecular complexity index is 469. The van der Waals surface area contributed by atoms with Crippen LogP contribution in [0.3, 0.4) is 0 Å². The van der Waals surface area contributed by atoms with Gasteiger partial charge in [0.1, 0.15) is 11.6 Å².